The van der Waals surface area contributed by atoms with Crippen LogP contribution in [0.25, 0.3) is 0 Å². The van der Waals surface area contributed by atoms with Crippen LogP contribution in [0.3, 0.4) is 0 Å². The maximum atomic E-state index is 11.5. The van der Waals surface area contributed by atoms with Crippen LogP contribution in [0.5, 0.6) is 0 Å². The van der Waals surface area contributed by atoms with Crippen molar-refractivity contribution >= 4 is 13.8 Å². The number of rotatable bonds is 17. The normalized spacial score (nSPS) is 13.6. The number of phosphoric ester groups is 1. The van der Waals surface area contributed by atoms with Gasteiger partial charge in [-0.3, -0.25) is 13.8 Å². The zero-order valence-corrected chi connectivity index (χ0v) is 15.8. The quantitative estimate of drug-likeness (QED) is 0.230. The third-order valence-electron chi connectivity index (χ3n) is 3.41. The van der Waals surface area contributed by atoms with Crippen LogP contribution < -0.4 is 5.73 Å². The van der Waals surface area contributed by atoms with Gasteiger partial charge in [-0.05, 0) is 6.42 Å². The lowest BCUT2D eigenvalue weighted by Crippen LogP contribution is -2.10. The fourth-order valence-corrected chi connectivity index (χ4v) is 2.88. The topological polar surface area (TPSA) is 108 Å². The second-order valence-electron chi connectivity index (χ2n) is 5.72. The maximum Gasteiger partial charge on any atom is 0.472 e. The number of hydrogen-bond donors (Lipinski definition) is 2. The fourth-order valence-electron chi connectivity index (χ4n) is 2.11. The van der Waals surface area contributed by atoms with Crippen molar-refractivity contribution in [2.24, 2.45) is 5.73 Å². The average Bonchev–Trinajstić information content (AvgIpc) is 2.55. The molecular weight excluding hydrogens is 333 g/mol. The van der Waals surface area contributed by atoms with E-state index in [9.17, 15) is 14.3 Å². The van der Waals surface area contributed by atoms with Crippen LogP contribution in [0.2, 0.25) is 0 Å². The second-order valence-corrected chi connectivity index (χ2v) is 7.18. The van der Waals surface area contributed by atoms with E-state index in [0.717, 1.165) is 12.8 Å². The molecule has 0 radical (unpaired) electrons. The van der Waals surface area contributed by atoms with Gasteiger partial charge in [0.05, 0.1) is 19.8 Å². The average molecular weight is 367 g/mol. The van der Waals surface area contributed by atoms with Gasteiger partial charge in [-0.2, -0.15) is 0 Å². The predicted molar refractivity (Wildman–Crippen MR) is 93.6 cm³/mol. The molecule has 8 heteroatoms. The minimum Gasteiger partial charge on any atom is -0.466 e. The summed E-state index contributed by atoms with van der Waals surface area (Å²) in [4.78, 5) is 20.7. The van der Waals surface area contributed by atoms with E-state index in [4.69, 9.17) is 15.0 Å². The minimum absolute atomic E-state index is 0.0105. The Morgan fingerprint density at radius 1 is 0.917 bits per heavy atom. The Kier molecular flexibility index (Phi) is 15.7. The molecule has 0 aliphatic heterocycles. The summed E-state index contributed by atoms with van der Waals surface area (Å²) in [6, 6.07) is 0. The van der Waals surface area contributed by atoms with E-state index in [2.05, 4.69) is 11.4 Å². The first kappa shape index (κ1) is 23.5. The Morgan fingerprint density at radius 3 is 2.12 bits per heavy atom. The molecule has 0 saturated heterocycles. The molecule has 7 nitrogen and oxygen atoms in total. The van der Waals surface area contributed by atoms with Gasteiger partial charge < -0.3 is 15.4 Å². The first-order chi connectivity index (χ1) is 11.5. The Labute approximate surface area is 145 Å². The molecule has 0 aromatic rings. The van der Waals surface area contributed by atoms with Gasteiger partial charge in [0.1, 0.15) is 0 Å². The molecule has 0 heterocycles. The highest BCUT2D eigenvalue weighted by atomic mass is 31.2. The van der Waals surface area contributed by atoms with Crippen molar-refractivity contribution < 1.29 is 28.0 Å². The molecule has 0 aliphatic rings. The molecule has 0 aromatic heterocycles. The predicted octanol–water partition coefficient (Wildman–Crippen LogP) is 3.54. The van der Waals surface area contributed by atoms with Gasteiger partial charge in [0.15, 0.2) is 0 Å². The van der Waals surface area contributed by atoms with E-state index in [1.807, 2.05) is 0 Å². The highest BCUT2D eigenvalue weighted by Crippen LogP contribution is 2.42. The van der Waals surface area contributed by atoms with Crippen molar-refractivity contribution in [3.63, 3.8) is 0 Å². The Bertz CT molecular complexity index is 353. The van der Waals surface area contributed by atoms with Crippen molar-refractivity contribution in [1.29, 1.82) is 0 Å². The van der Waals surface area contributed by atoms with Gasteiger partial charge in [0, 0.05) is 19.4 Å². The van der Waals surface area contributed by atoms with E-state index in [0.29, 0.717) is 12.8 Å². The summed E-state index contributed by atoms with van der Waals surface area (Å²) in [6.45, 7) is 2.47. The van der Waals surface area contributed by atoms with Crippen molar-refractivity contribution in [3.8, 4) is 0 Å². The molecule has 0 spiro atoms. The number of unbranched alkanes of at least 4 members (excludes halogenated alkanes) is 7. The number of ether oxygens (including phenoxy) is 1. The van der Waals surface area contributed by atoms with Crippen molar-refractivity contribution in [1.82, 2.24) is 0 Å². The standard InChI is InChI=1S/C16H34NO6P/c1-2-3-4-5-6-7-8-9-11-16(18)21-13-10-14-22-24(19,20)23-15-12-17/h2-15,17H2,1H3,(H,19,20). The minimum atomic E-state index is -4.03. The molecule has 0 saturated carbocycles. The van der Waals surface area contributed by atoms with Crippen molar-refractivity contribution in [2.45, 2.75) is 71.1 Å². The Hall–Kier alpha value is -0.460. The molecular formula is C16H34NO6P. The van der Waals surface area contributed by atoms with E-state index in [1.165, 1.54) is 38.5 Å². The molecule has 0 fully saturated rings. The molecule has 3 N–H and O–H groups in total. The van der Waals surface area contributed by atoms with Gasteiger partial charge in [-0.15, -0.1) is 0 Å². The van der Waals surface area contributed by atoms with Crippen LogP contribution in [-0.2, 0) is 23.1 Å². The first-order valence-electron chi connectivity index (χ1n) is 8.99. The lowest BCUT2D eigenvalue weighted by atomic mass is 10.1. The third-order valence-corrected chi connectivity index (χ3v) is 4.43. The smallest absolute Gasteiger partial charge is 0.466 e. The highest BCUT2D eigenvalue weighted by molar-refractivity contribution is 7.47. The highest BCUT2D eigenvalue weighted by Gasteiger charge is 2.19. The van der Waals surface area contributed by atoms with Crippen molar-refractivity contribution in [2.75, 3.05) is 26.4 Å². The number of carbonyl (C=O) groups excluding carboxylic acids is 1. The Morgan fingerprint density at radius 2 is 1.50 bits per heavy atom. The molecule has 0 amide bonds. The van der Waals surface area contributed by atoms with Gasteiger partial charge in [0.25, 0.3) is 0 Å². The molecule has 1 atom stereocenters. The summed E-state index contributed by atoms with van der Waals surface area (Å²) in [5.41, 5.74) is 5.16. The lowest BCUT2D eigenvalue weighted by Gasteiger charge is -2.11. The van der Waals surface area contributed by atoms with Crippen LogP contribution in [0, 0.1) is 0 Å². The Balaban J connectivity index is 3.39. The van der Waals surface area contributed by atoms with Gasteiger partial charge in [-0.1, -0.05) is 51.9 Å². The zero-order valence-electron chi connectivity index (χ0n) is 14.9. The van der Waals surface area contributed by atoms with Gasteiger partial charge in [0.2, 0.25) is 0 Å². The summed E-state index contributed by atoms with van der Waals surface area (Å²) in [5.74, 6) is -0.229. The summed E-state index contributed by atoms with van der Waals surface area (Å²) < 4.78 is 25.6. The summed E-state index contributed by atoms with van der Waals surface area (Å²) in [5, 5.41) is 0. The van der Waals surface area contributed by atoms with E-state index < -0.39 is 7.82 Å². The van der Waals surface area contributed by atoms with Gasteiger partial charge in [-0.25, -0.2) is 4.57 Å². The molecule has 24 heavy (non-hydrogen) atoms. The lowest BCUT2D eigenvalue weighted by molar-refractivity contribution is -0.144. The number of esters is 1. The first-order valence-corrected chi connectivity index (χ1v) is 10.5. The third kappa shape index (κ3) is 16.4. The second kappa shape index (κ2) is 16.0. The fraction of sp³-hybridized carbons (Fsp3) is 0.938. The molecule has 0 bridgehead atoms. The van der Waals surface area contributed by atoms with Crippen LogP contribution in [0.4, 0.5) is 0 Å². The van der Waals surface area contributed by atoms with E-state index in [1.54, 1.807) is 0 Å². The maximum absolute atomic E-state index is 11.5. The molecule has 0 rings (SSSR count). The summed E-state index contributed by atoms with van der Waals surface area (Å²) in [7, 11) is -4.03. The number of nitrogens with two attached hydrogens (primary N) is 1. The van der Waals surface area contributed by atoms with E-state index >= 15 is 0 Å². The molecule has 0 aliphatic carbocycles. The summed E-state index contributed by atoms with van der Waals surface area (Å²) >= 11 is 0. The molecule has 1 unspecified atom stereocenters. The van der Waals surface area contributed by atoms with Gasteiger partial charge >= 0.3 is 13.8 Å². The number of carbonyl (C=O) groups is 1. The molecule has 0 aromatic carbocycles. The van der Waals surface area contributed by atoms with Crippen molar-refractivity contribution in [3.05, 3.63) is 0 Å². The number of hydrogen-bond acceptors (Lipinski definition) is 6. The SMILES string of the molecule is CCCCCCCCCCC(=O)OCCCOP(=O)(O)OCCN. The largest absolute Gasteiger partial charge is 0.472 e. The van der Waals surface area contributed by atoms with E-state index in [-0.39, 0.29) is 32.3 Å². The van der Waals surface area contributed by atoms with Crippen LogP contribution >= 0.6 is 7.82 Å². The number of phosphoric acid groups is 1. The van der Waals surface area contributed by atoms with Crippen LogP contribution in [0.15, 0.2) is 0 Å². The van der Waals surface area contributed by atoms with Crippen LogP contribution in [0.1, 0.15) is 71.1 Å². The zero-order chi connectivity index (χ0) is 18.1. The monoisotopic (exact) mass is 367 g/mol. The molecule has 144 valence electrons. The summed E-state index contributed by atoms with van der Waals surface area (Å²) in [6.07, 6.45) is 10.2. The van der Waals surface area contributed by atoms with Crippen LogP contribution in [-0.4, -0.2) is 37.2 Å².